The van der Waals surface area contributed by atoms with E-state index in [0.29, 0.717) is 17.7 Å². The van der Waals surface area contributed by atoms with Crippen LogP contribution in [0.2, 0.25) is 0 Å². The third-order valence-corrected chi connectivity index (χ3v) is 8.66. The van der Waals surface area contributed by atoms with Crippen LogP contribution in [0.15, 0.2) is 29.4 Å². The van der Waals surface area contributed by atoms with Crippen molar-refractivity contribution in [1.82, 2.24) is 24.6 Å². The Bertz CT molecular complexity index is 1020. The molecule has 1 amide bonds. The lowest BCUT2D eigenvalue weighted by Crippen LogP contribution is -2.40. The highest BCUT2D eigenvalue weighted by Crippen LogP contribution is 2.34. The maximum atomic E-state index is 13.0. The van der Waals surface area contributed by atoms with Crippen LogP contribution in [0.3, 0.4) is 0 Å². The van der Waals surface area contributed by atoms with Gasteiger partial charge in [-0.05, 0) is 44.7 Å². The number of carbonyl (C=O) groups is 1. The van der Waals surface area contributed by atoms with Gasteiger partial charge in [0.1, 0.15) is 5.82 Å². The average molecular weight is 456 g/mol. The van der Waals surface area contributed by atoms with E-state index >= 15 is 0 Å². The van der Waals surface area contributed by atoms with Crippen molar-refractivity contribution in [3.8, 4) is 0 Å². The molecule has 1 aliphatic heterocycles. The molecule has 1 aromatic carbocycles. The van der Waals surface area contributed by atoms with Crippen LogP contribution in [0.1, 0.15) is 67.7 Å². The van der Waals surface area contributed by atoms with Crippen molar-refractivity contribution in [2.75, 3.05) is 18.8 Å². The topological polar surface area (TPSA) is 63.9 Å². The van der Waals surface area contributed by atoms with E-state index < -0.39 is 0 Å². The van der Waals surface area contributed by atoms with Gasteiger partial charge in [-0.3, -0.25) is 4.79 Å². The summed E-state index contributed by atoms with van der Waals surface area (Å²) in [5.74, 6) is 1.94. The van der Waals surface area contributed by atoms with Gasteiger partial charge in [0.05, 0.1) is 21.0 Å². The number of thioether (sulfide) groups is 1. The smallest absolute Gasteiger partial charge is 0.233 e. The van der Waals surface area contributed by atoms with Crippen molar-refractivity contribution < 1.29 is 4.79 Å². The fraction of sp³-hybridized carbons (Fsp3) is 0.565. The maximum absolute atomic E-state index is 13.0. The summed E-state index contributed by atoms with van der Waals surface area (Å²) in [6, 6.07) is 8.78. The molecular weight excluding hydrogens is 426 g/mol. The van der Waals surface area contributed by atoms with Gasteiger partial charge in [0.15, 0.2) is 5.16 Å². The molecule has 1 atom stereocenters. The van der Waals surface area contributed by atoms with Crippen molar-refractivity contribution in [3.05, 3.63) is 35.1 Å². The maximum Gasteiger partial charge on any atom is 0.233 e. The number of rotatable bonds is 5. The highest BCUT2D eigenvalue weighted by Gasteiger charge is 2.28. The molecular formula is C23H29N5OS2. The Hall–Kier alpha value is -1.93. The van der Waals surface area contributed by atoms with E-state index in [1.807, 2.05) is 17.9 Å². The zero-order valence-corrected chi connectivity index (χ0v) is 19.6. The predicted octanol–water partition coefficient (Wildman–Crippen LogP) is 5.20. The SMILES string of the molecule is Cc1nnc(SCC(=O)N2CCC[C@@H](c3nc4ccccc4s3)C2)n1C1CCCCC1. The molecule has 5 rings (SSSR count). The van der Waals surface area contributed by atoms with Gasteiger partial charge in [0, 0.05) is 25.0 Å². The second kappa shape index (κ2) is 9.28. The van der Waals surface area contributed by atoms with E-state index in [1.165, 1.54) is 41.8 Å². The van der Waals surface area contributed by atoms with Crippen molar-refractivity contribution in [3.63, 3.8) is 0 Å². The van der Waals surface area contributed by atoms with Crippen LogP contribution in [0, 0.1) is 6.92 Å². The van der Waals surface area contributed by atoms with E-state index in [0.717, 1.165) is 42.4 Å². The average Bonchev–Trinajstić information content (AvgIpc) is 3.41. The number of piperidine rings is 1. The van der Waals surface area contributed by atoms with Crippen LogP contribution in [-0.2, 0) is 4.79 Å². The van der Waals surface area contributed by atoms with Crippen LogP contribution < -0.4 is 0 Å². The van der Waals surface area contributed by atoms with Crippen molar-refractivity contribution >= 4 is 39.2 Å². The Morgan fingerprint density at radius 1 is 1.13 bits per heavy atom. The molecule has 1 aliphatic carbocycles. The highest BCUT2D eigenvalue weighted by atomic mass is 32.2. The monoisotopic (exact) mass is 455 g/mol. The van der Waals surface area contributed by atoms with Gasteiger partial charge in [-0.1, -0.05) is 43.2 Å². The summed E-state index contributed by atoms with van der Waals surface area (Å²) in [5.41, 5.74) is 1.07. The number of amides is 1. The first kappa shape index (κ1) is 20.9. The second-order valence-electron chi connectivity index (χ2n) is 8.68. The standard InChI is InChI=1S/C23H29N5OS2/c1-16-25-26-23(28(16)18-9-3-2-4-10-18)30-15-21(29)27-13-7-8-17(14-27)22-24-19-11-5-6-12-20(19)31-22/h5-6,11-12,17-18H,2-4,7-10,13-15H2,1H3/t17-/m1/s1. The number of nitrogens with zero attached hydrogens (tertiary/aromatic N) is 5. The molecule has 164 valence electrons. The van der Waals surface area contributed by atoms with Crippen LogP contribution in [0.5, 0.6) is 0 Å². The normalized spacial score (nSPS) is 20.4. The first-order chi connectivity index (χ1) is 15.2. The summed E-state index contributed by atoms with van der Waals surface area (Å²) in [7, 11) is 0. The Kier molecular flexibility index (Phi) is 6.27. The molecule has 3 aromatic rings. The van der Waals surface area contributed by atoms with Crippen LogP contribution in [0.4, 0.5) is 0 Å². The number of hydrogen-bond donors (Lipinski definition) is 0. The Morgan fingerprint density at radius 3 is 2.81 bits per heavy atom. The van der Waals surface area contributed by atoms with Gasteiger partial charge < -0.3 is 9.47 Å². The van der Waals surface area contributed by atoms with Gasteiger partial charge in [-0.25, -0.2) is 4.98 Å². The lowest BCUT2D eigenvalue weighted by atomic mass is 9.95. The molecule has 0 spiro atoms. The Morgan fingerprint density at radius 2 is 1.97 bits per heavy atom. The molecule has 2 aromatic heterocycles. The second-order valence-corrected chi connectivity index (χ2v) is 10.7. The van der Waals surface area contributed by atoms with Crippen molar-refractivity contribution in [2.24, 2.45) is 0 Å². The van der Waals surface area contributed by atoms with Crippen molar-refractivity contribution in [1.29, 1.82) is 0 Å². The quantitative estimate of drug-likeness (QED) is 0.495. The molecule has 3 heterocycles. The molecule has 0 N–H and O–H groups in total. The third-order valence-electron chi connectivity index (χ3n) is 6.53. The Labute approximate surface area is 191 Å². The fourth-order valence-electron chi connectivity index (χ4n) is 4.90. The minimum atomic E-state index is 0.201. The number of hydrogen-bond acceptors (Lipinski definition) is 6. The molecule has 6 nitrogen and oxygen atoms in total. The van der Waals surface area contributed by atoms with Crippen LogP contribution >= 0.6 is 23.1 Å². The van der Waals surface area contributed by atoms with Gasteiger partial charge in [-0.2, -0.15) is 0 Å². The molecule has 2 aliphatic rings. The van der Waals surface area contributed by atoms with E-state index in [9.17, 15) is 4.79 Å². The van der Waals surface area contributed by atoms with E-state index in [1.54, 1.807) is 23.1 Å². The summed E-state index contributed by atoms with van der Waals surface area (Å²) in [4.78, 5) is 19.9. The molecule has 0 bridgehead atoms. The van der Waals surface area contributed by atoms with Gasteiger partial charge >= 0.3 is 0 Å². The zero-order valence-electron chi connectivity index (χ0n) is 18.0. The molecule has 2 fully saturated rings. The first-order valence-corrected chi connectivity index (χ1v) is 13.2. The molecule has 8 heteroatoms. The van der Waals surface area contributed by atoms with Gasteiger partial charge in [-0.15, -0.1) is 21.5 Å². The summed E-state index contributed by atoms with van der Waals surface area (Å²) < 4.78 is 3.51. The number of aromatic nitrogens is 4. The highest BCUT2D eigenvalue weighted by molar-refractivity contribution is 7.99. The minimum Gasteiger partial charge on any atom is -0.341 e. The number of likely N-dealkylation sites (tertiary alicyclic amines) is 1. The number of carbonyl (C=O) groups excluding carboxylic acids is 1. The molecule has 1 saturated heterocycles. The molecule has 31 heavy (non-hydrogen) atoms. The summed E-state index contributed by atoms with van der Waals surface area (Å²) in [6.07, 6.45) is 8.38. The van der Waals surface area contributed by atoms with E-state index in [2.05, 4.69) is 33.0 Å². The van der Waals surface area contributed by atoms with Crippen molar-refractivity contribution in [2.45, 2.75) is 69.0 Å². The Balaban J connectivity index is 1.23. The zero-order chi connectivity index (χ0) is 21.2. The largest absolute Gasteiger partial charge is 0.341 e. The lowest BCUT2D eigenvalue weighted by Gasteiger charge is -2.32. The fourth-order valence-corrected chi connectivity index (χ4v) is 6.94. The summed E-state index contributed by atoms with van der Waals surface area (Å²) in [5, 5.41) is 10.8. The number of fused-ring (bicyclic) bond motifs is 1. The minimum absolute atomic E-state index is 0.201. The third kappa shape index (κ3) is 4.51. The van der Waals surface area contributed by atoms with Crippen LogP contribution in [-0.4, -0.2) is 49.4 Å². The molecule has 0 radical (unpaired) electrons. The number of thiazole rings is 1. The summed E-state index contributed by atoms with van der Waals surface area (Å²) in [6.45, 7) is 3.64. The lowest BCUT2D eigenvalue weighted by molar-refractivity contribution is -0.129. The van der Waals surface area contributed by atoms with Crippen LogP contribution in [0.25, 0.3) is 10.2 Å². The predicted molar refractivity (Wildman–Crippen MR) is 126 cm³/mol. The number of para-hydroxylation sites is 1. The van der Waals surface area contributed by atoms with E-state index in [-0.39, 0.29) is 5.91 Å². The molecule has 0 unspecified atom stereocenters. The van der Waals surface area contributed by atoms with Gasteiger partial charge in [0.2, 0.25) is 5.91 Å². The number of aryl methyl sites for hydroxylation is 1. The molecule has 1 saturated carbocycles. The number of benzene rings is 1. The van der Waals surface area contributed by atoms with E-state index in [4.69, 9.17) is 4.98 Å². The summed E-state index contributed by atoms with van der Waals surface area (Å²) >= 11 is 3.32. The first-order valence-electron chi connectivity index (χ1n) is 11.4. The van der Waals surface area contributed by atoms with Gasteiger partial charge in [0.25, 0.3) is 0 Å².